The summed E-state index contributed by atoms with van der Waals surface area (Å²) in [5, 5.41) is 0. The fourth-order valence-electron chi connectivity index (χ4n) is 1.73. The van der Waals surface area contributed by atoms with Crippen LogP contribution < -0.4 is 5.73 Å². The highest BCUT2D eigenvalue weighted by Crippen LogP contribution is 2.18. The molecule has 0 spiro atoms. The molecule has 1 aliphatic carbocycles. The van der Waals surface area contributed by atoms with Crippen molar-refractivity contribution in [2.45, 2.75) is 32.4 Å². The molecule has 0 aromatic heterocycles. The number of amides is 1. The molecule has 0 saturated heterocycles. The minimum absolute atomic E-state index is 0.0364. The third kappa shape index (κ3) is 3.94. The van der Waals surface area contributed by atoms with E-state index in [1.165, 1.54) is 0 Å². The molecule has 4 nitrogen and oxygen atoms in total. The normalized spacial score (nSPS) is 24.1. The first-order valence-electron chi connectivity index (χ1n) is 5.81. The van der Waals surface area contributed by atoms with Gasteiger partial charge in [-0.1, -0.05) is 12.2 Å². The number of hydrogen-bond acceptors (Lipinski definition) is 3. The molecule has 0 heterocycles. The Morgan fingerprint density at radius 2 is 2.25 bits per heavy atom. The predicted octanol–water partition coefficient (Wildman–Crippen LogP) is 0.773. The van der Waals surface area contributed by atoms with Gasteiger partial charge in [-0.2, -0.15) is 0 Å². The predicted molar refractivity (Wildman–Crippen MR) is 63.9 cm³/mol. The van der Waals surface area contributed by atoms with Crippen LogP contribution in [0.25, 0.3) is 0 Å². The maximum atomic E-state index is 11.9. The maximum absolute atomic E-state index is 11.9. The van der Waals surface area contributed by atoms with Crippen molar-refractivity contribution >= 4 is 5.91 Å². The number of likely N-dealkylation sites (N-methyl/N-ethyl adjacent to an activating group) is 1. The van der Waals surface area contributed by atoms with Crippen LogP contribution in [-0.4, -0.2) is 43.2 Å². The van der Waals surface area contributed by atoms with E-state index in [4.69, 9.17) is 10.5 Å². The van der Waals surface area contributed by atoms with Crippen molar-refractivity contribution in [1.29, 1.82) is 0 Å². The van der Waals surface area contributed by atoms with Crippen LogP contribution in [0.1, 0.15) is 20.3 Å². The standard InChI is InChI=1S/C12H22N2O2/c1-9(2)16-7-6-14(3)12(15)10-4-5-11(13)8-10/h4-5,9-11H,6-8,13H2,1-3H3. The summed E-state index contributed by atoms with van der Waals surface area (Å²) in [7, 11) is 1.81. The monoisotopic (exact) mass is 226 g/mol. The minimum atomic E-state index is -0.0425. The zero-order chi connectivity index (χ0) is 12.1. The third-order valence-electron chi connectivity index (χ3n) is 2.69. The molecular formula is C12H22N2O2. The van der Waals surface area contributed by atoms with Crippen molar-refractivity contribution in [3.8, 4) is 0 Å². The van der Waals surface area contributed by atoms with Gasteiger partial charge in [-0.3, -0.25) is 4.79 Å². The van der Waals surface area contributed by atoms with Crippen LogP contribution >= 0.6 is 0 Å². The molecule has 0 fully saturated rings. The van der Waals surface area contributed by atoms with Crippen LogP contribution in [0, 0.1) is 5.92 Å². The number of nitrogens with two attached hydrogens (primary N) is 1. The summed E-state index contributed by atoms with van der Waals surface area (Å²) in [5.74, 6) is 0.0932. The van der Waals surface area contributed by atoms with Gasteiger partial charge in [-0.05, 0) is 20.3 Å². The van der Waals surface area contributed by atoms with E-state index >= 15 is 0 Å². The average Bonchev–Trinajstić information content (AvgIpc) is 2.63. The Balaban J connectivity index is 2.28. The fourth-order valence-corrected chi connectivity index (χ4v) is 1.73. The van der Waals surface area contributed by atoms with Gasteiger partial charge in [0.25, 0.3) is 0 Å². The summed E-state index contributed by atoms with van der Waals surface area (Å²) in [6.45, 7) is 5.19. The van der Waals surface area contributed by atoms with Crippen molar-refractivity contribution in [3.05, 3.63) is 12.2 Å². The molecular weight excluding hydrogens is 204 g/mol. The molecule has 92 valence electrons. The lowest BCUT2D eigenvalue weighted by Crippen LogP contribution is -2.35. The van der Waals surface area contributed by atoms with E-state index in [1.807, 2.05) is 33.0 Å². The van der Waals surface area contributed by atoms with Gasteiger partial charge in [0, 0.05) is 19.6 Å². The van der Waals surface area contributed by atoms with Gasteiger partial charge in [0.05, 0.1) is 18.6 Å². The first kappa shape index (κ1) is 13.2. The molecule has 16 heavy (non-hydrogen) atoms. The van der Waals surface area contributed by atoms with E-state index in [2.05, 4.69) is 0 Å². The van der Waals surface area contributed by atoms with E-state index in [0.717, 1.165) is 6.42 Å². The third-order valence-corrected chi connectivity index (χ3v) is 2.69. The van der Waals surface area contributed by atoms with E-state index in [1.54, 1.807) is 4.90 Å². The molecule has 0 saturated carbocycles. The minimum Gasteiger partial charge on any atom is -0.377 e. The lowest BCUT2D eigenvalue weighted by atomic mass is 10.1. The van der Waals surface area contributed by atoms with Crippen LogP contribution in [0.5, 0.6) is 0 Å². The number of rotatable bonds is 5. The zero-order valence-electron chi connectivity index (χ0n) is 10.3. The van der Waals surface area contributed by atoms with E-state index in [9.17, 15) is 4.79 Å². The summed E-state index contributed by atoms with van der Waals surface area (Å²) in [4.78, 5) is 13.6. The van der Waals surface area contributed by atoms with Gasteiger partial charge in [0.15, 0.2) is 0 Å². The first-order valence-corrected chi connectivity index (χ1v) is 5.81. The molecule has 2 unspecified atom stereocenters. The van der Waals surface area contributed by atoms with Crippen LogP contribution in [0.2, 0.25) is 0 Å². The summed E-state index contributed by atoms with van der Waals surface area (Å²) in [6.07, 6.45) is 4.76. The SMILES string of the molecule is CC(C)OCCN(C)C(=O)C1C=CC(N)C1. The highest BCUT2D eigenvalue weighted by Gasteiger charge is 2.25. The van der Waals surface area contributed by atoms with Crippen LogP contribution in [0.4, 0.5) is 0 Å². The highest BCUT2D eigenvalue weighted by atomic mass is 16.5. The molecule has 2 N–H and O–H groups in total. The smallest absolute Gasteiger partial charge is 0.229 e. The Morgan fingerprint density at radius 1 is 1.56 bits per heavy atom. The van der Waals surface area contributed by atoms with Crippen molar-refractivity contribution in [2.75, 3.05) is 20.2 Å². The van der Waals surface area contributed by atoms with Crippen LogP contribution in [0.3, 0.4) is 0 Å². The topological polar surface area (TPSA) is 55.6 Å². The second-order valence-electron chi connectivity index (χ2n) is 4.57. The summed E-state index contributed by atoms with van der Waals surface area (Å²) >= 11 is 0. The summed E-state index contributed by atoms with van der Waals surface area (Å²) in [6, 6.07) is 0.0364. The molecule has 0 aromatic rings. The first-order chi connectivity index (χ1) is 7.50. The lowest BCUT2D eigenvalue weighted by Gasteiger charge is -2.21. The van der Waals surface area contributed by atoms with Crippen molar-refractivity contribution < 1.29 is 9.53 Å². The van der Waals surface area contributed by atoms with Crippen LogP contribution in [0.15, 0.2) is 12.2 Å². The molecule has 0 bridgehead atoms. The van der Waals surface area contributed by atoms with Crippen LogP contribution in [-0.2, 0) is 9.53 Å². The largest absolute Gasteiger partial charge is 0.377 e. The Morgan fingerprint density at radius 3 is 2.75 bits per heavy atom. The molecule has 0 aliphatic heterocycles. The molecule has 2 atom stereocenters. The quantitative estimate of drug-likeness (QED) is 0.705. The number of carbonyl (C=O) groups is 1. The van der Waals surface area contributed by atoms with Gasteiger partial charge in [-0.15, -0.1) is 0 Å². The molecule has 1 amide bonds. The van der Waals surface area contributed by atoms with E-state index < -0.39 is 0 Å². The van der Waals surface area contributed by atoms with Gasteiger partial charge in [-0.25, -0.2) is 0 Å². The lowest BCUT2D eigenvalue weighted by molar-refractivity contribution is -0.133. The molecule has 4 heteroatoms. The van der Waals surface area contributed by atoms with Gasteiger partial charge >= 0.3 is 0 Å². The van der Waals surface area contributed by atoms with Crippen molar-refractivity contribution in [2.24, 2.45) is 11.7 Å². The fraction of sp³-hybridized carbons (Fsp3) is 0.750. The average molecular weight is 226 g/mol. The maximum Gasteiger partial charge on any atom is 0.229 e. The number of hydrogen-bond donors (Lipinski definition) is 1. The molecule has 1 aliphatic rings. The summed E-state index contributed by atoms with van der Waals surface area (Å²) in [5.41, 5.74) is 5.72. The van der Waals surface area contributed by atoms with Crippen molar-refractivity contribution in [3.63, 3.8) is 0 Å². The van der Waals surface area contributed by atoms with Gasteiger partial charge in [0.2, 0.25) is 5.91 Å². The molecule has 0 radical (unpaired) electrons. The van der Waals surface area contributed by atoms with E-state index in [0.29, 0.717) is 13.2 Å². The number of carbonyl (C=O) groups excluding carboxylic acids is 1. The Labute approximate surface area is 97.4 Å². The second-order valence-corrected chi connectivity index (χ2v) is 4.57. The zero-order valence-corrected chi connectivity index (χ0v) is 10.3. The number of ether oxygens (including phenoxy) is 1. The Kier molecular flexibility index (Phi) is 4.96. The molecule has 1 rings (SSSR count). The highest BCUT2D eigenvalue weighted by molar-refractivity contribution is 5.81. The van der Waals surface area contributed by atoms with E-state index in [-0.39, 0.29) is 24.0 Å². The Hall–Kier alpha value is -0.870. The number of nitrogens with zero attached hydrogens (tertiary/aromatic N) is 1. The second kappa shape index (κ2) is 6.01. The Bertz CT molecular complexity index is 264. The molecule has 0 aromatic carbocycles. The van der Waals surface area contributed by atoms with Gasteiger partial charge in [0.1, 0.15) is 0 Å². The van der Waals surface area contributed by atoms with Crippen molar-refractivity contribution in [1.82, 2.24) is 4.90 Å². The summed E-state index contributed by atoms with van der Waals surface area (Å²) < 4.78 is 5.41. The van der Waals surface area contributed by atoms with Gasteiger partial charge < -0.3 is 15.4 Å².